The summed E-state index contributed by atoms with van der Waals surface area (Å²) in [7, 11) is 4.57. The number of ether oxygens (including phenoxy) is 3. The summed E-state index contributed by atoms with van der Waals surface area (Å²) in [6.45, 7) is -0.0872. The van der Waals surface area contributed by atoms with Crippen LogP contribution in [-0.4, -0.2) is 37.0 Å². The fourth-order valence-corrected chi connectivity index (χ4v) is 3.17. The Morgan fingerprint density at radius 1 is 1.18 bits per heavy atom. The average Bonchev–Trinajstić information content (AvgIpc) is 3.36. The molecule has 0 unspecified atom stereocenters. The van der Waals surface area contributed by atoms with Gasteiger partial charge in [0.05, 0.1) is 26.2 Å². The van der Waals surface area contributed by atoms with E-state index in [2.05, 4.69) is 10.4 Å². The Hall–Kier alpha value is -3.27. The first-order chi connectivity index (χ1) is 13.5. The van der Waals surface area contributed by atoms with Crippen molar-refractivity contribution in [1.29, 1.82) is 0 Å². The molecular formula is C18H19N3O6S. The predicted octanol–water partition coefficient (Wildman–Crippen LogP) is 1.91. The summed E-state index contributed by atoms with van der Waals surface area (Å²) in [6.07, 6.45) is 0. The van der Waals surface area contributed by atoms with Crippen molar-refractivity contribution < 1.29 is 23.4 Å². The minimum absolute atomic E-state index is 0.173. The molecule has 0 saturated heterocycles. The van der Waals surface area contributed by atoms with Gasteiger partial charge in [-0.05, 0) is 17.5 Å². The van der Waals surface area contributed by atoms with Crippen molar-refractivity contribution in [3.8, 4) is 28.0 Å². The number of carbonyl (C=O) groups is 1. The lowest BCUT2D eigenvalue weighted by Crippen LogP contribution is -2.31. The molecule has 1 amide bonds. The summed E-state index contributed by atoms with van der Waals surface area (Å²) in [5.41, 5.74) is 0.695. The van der Waals surface area contributed by atoms with Crippen LogP contribution in [0.2, 0.25) is 0 Å². The minimum atomic E-state index is -0.692. The quantitative estimate of drug-likeness (QED) is 0.610. The van der Waals surface area contributed by atoms with E-state index in [0.717, 1.165) is 4.68 Å². The van der Waals surface area contributed by atoms with Crippen LogP contribution in [0.5, 0.6) is 17.2 Å². The largest absolute Gasteiger partial charge is 0.496 e. The van der Waals surface area contributed by atoms with Gasteiger partial charge in [-0.25, -0.2) is 4.79 Å². The van der Waals surface area contributed by atoms with Gasteiger partial charge in [-0.1, -0.05) is 6.07 Å². The van der Waals surface area contributed by atoms with Crippen molar-refractivity contribution in [2.45, 2.75) is 13.1 Å². The number of aromatic nitrogens is 2. The van der Waals surface area contributed by atoms with E-state index in [-0.39, 0.29) is 19.0 Å². The molecule has 0 aliphatic carbocycles. The third-order valence-electron chi connectivity index (χ3n) is 3.89. The maximum absolute atomic E-state index is 12.3. The molecule has 0 saturated carbocycles. The molecule has 0 bridgehead atoms. The molecule has 28 heavy (non-hydrogen) atoms. The Morgan fingerprint density at radius 2 is 1.89 bits per heavy atom. The first-order valence-corrected chi connectivity index (χ1v) is 9.11. The van der Waals surface area contributed by atoms with Crippen molar-refractivity contribution in [2.75, 3.05) is 21.3 Å². The highest BCUT2D eigenvalue weighted by Crippen LogP contribution is 2.34. The van der Waals surface area contributed by atoms with E-state index >= 15 is 0 Å². The Balaban J connectivity index is 1.69. The Kier molecular flexibility index (Phi) is 5.99. The van der Waals surface area contributed by atoms with Gasteiger partial charge in [0.2, 0.25) is 5.91 Å². The molecule has 1 aromatic carbocycles. The van der Waals surface area contributed by atoms with Crippen molar-refractivity contribution in [3.63, 3.8) is 0 Å². The second-order valence-corrected chi connectivity index (χ2v) is 6.55. The van der Waals surface area contributed by atoms with E-state index < -0.39 is 11.7 Å². The normalized spacial score (nSPS) is 10.5. The molecule has 0 aliphatic heterocycles. The standard InChI is InChI=1S/C18H19N3O6S/c1-24-12-8-14(26-3)13(25-2)7-11(12)9-19-16(22)10-21-18(23)27-17(20-21)15-5-4-6-28-15/h4-8H,9-10H2,1-3H3,(H,19,22). The van der Waals surface area contributed by atoms with Crippen LogP contribution in [0.15, 0.2) is 38.9 Å². The van der Waals surface area contributed by atoms with Gasteiger partial charge in [-0.3, -0.25) is 4.79 Å². The molecule has 2 heterocycles. The maximum Gasteiger partial charge on any atom is 0.437 e. The number of amides is 1. The minimum Gasteiger partial charge on any atom is -0.496 e. The van der Waals surface area contributed by atoms with Crippen molar-refractivity contribution in [3.05, 3.63) is 45.8 Å². The molecule has 3 rings (SSSR count). The van der Waals surface area contributed by atoms with E-state index in [4.69, 9.17) is 18.6 Å². The van der Waals surface area contributed by atoms with Crippen LogP contribution in [0.1, 0.15) is 5.56 Å². The number of carbonyl (C=O) groups excluding carboxylic acids is 1. The number of methoxy groups -OCH3 is 3. The molecule has 0 radical (unpaired) electrons. The Labute approximate surface area is 164 Å². The van der Waals surface area contributed by atoms with E-state index in [0.29, 0.717) is 27.7 Å². The zero-order valence-corrected chi connectivity index (χ0v) is 16.4. The Bertz CT molecular complexity index is 1010. The summed E-state index contributed by atoms with van der Waals surface area (Å²) >= 11 is 1.39. The van der Waals surface area contributed by atoms with Crippen LogP contribution >= 0.6 is 11.3 Å². The van der Waals surface area contributed by atoms with Crippen molar-refractivity contribution in [2.24, 2.45) is 0 Å². The fourth-order valence-electron chi connectivity index (χ4n) is 2.52. The molecule has 2 aromatic heterocycles. The van der Waals surface area contributed by atoms with Crippen LogP contribution in [0.3, 0.4) is 0 Å². The molecule has 0 aliphatic rings. The van der Waals surface area contributed by atoms with Crippen molar-refractivity contribution in [1.82, 2.24) is 15.1 Å². The number of nitrogens with one attached hydrogen (secondary N) is 1. The van der Waals surface area contributed by atoms with E-state index in [1.54, 1.807) is 18.2 Å². The van der Waals surface area contributed by atoms with E-state index in [9.17, 15) is 9.59 Å². The van der Waals surface area contributed by atoms with Gasteiger partial charge < -0.3 is 23.9 Å². The topological polar surface area (TPSA) is 105 Å². The molecule has 0 atom stereocenters. The summed E-state index contributed by atoms with van der Waals surface area (Å²) in [5, 5.41) is 8.63. The van der Waals surface area contributed by atoms with Crippen LogP contribution in [0.4, 0.5) is 0 Å². The molecule has 148 valence electrons. The SMILES string of the molecule is COc1cc(OC)c(OC)cc1CNC(=O)Cn1nc(-c2cccs2)oc1=O. The van der Waals surface area contributed by atoms with Gasteiger partial charge in [-0.15, -0.1) is 16.4 Å². The fraction of sp³-hybridized carbons (Fsp3) is 0.278. The van der Waals surface area contributed by atoms with E-state index in [1.807, 2.05) is 11.4 Å². The lowest BCUT2D eigenvalue weighted by Gasteiger charge is -2.14. The average molecular weight is 405 g/mol. The molecule has 0 spiro atoms. The molecule has 3 aromatic rings. The first-order valence-electron chi connectivity index (χ1n) is 8.23. The molecule has 0 fully saturated rings. The zero-order chi connectivity index (χ0) is 20.1. The van der Waals surface area contributed by atoms with E-state index in [1.165, 1.54) is 32.7 Å². The number of rotatable bonds is 8. The highest BCUT2D eigenvalue weighted by molar-refractivity contribution is 7.13. The zero-order valence-electron chi connectivity index (χ0n) is 15.6. The number of nitrogens with zero attached hydrogens (tertiary/aromatic N) is 2. The second kappa shape index (κ2) is 8.61. The number of hydrogen-bond acceptors (Lipinski definition) is 8. The molecular weight excluding hydrogens is 386 g/mol. The molecule has 9 nitrogen and oxygen atoms in total. The number of hydrogen-bond donors (Lipinski definition) is 1. The first kappa shape index (κ1) is 19.5. The summed E-state index contributed by atoms with van der Waals surface area (Å²) in [6, 6.07) is 7.00. The van der Waals surface area contributed by atoms with Gasteiger partial charge in [-0.2, -0.15) is 4.68 Å². The Morgan fingerprint density at radius 3 is 2.54 bits per heavy atom. The van der Waals surface area contributed by atoms with Gasteiger partial charge >= 0.3 is 5.76 Å². The van der Waals surface area contributed by atoms with Crippen LogP contribution in [-0.2, 0) is 17.9 Å². The van der Waals surface area contributed by atoms with Crippen LogP contribution < -0.4 is 25.3 Å². The van der Waals surface area contributed by atoms with Gasteiger partial charge in [0.15, 0.2) is 11.5 Å². The predicted molar refractivity (Wildman–Crippen MR) is 102 cm³/mol. The van der Waals surface area contributed by atoms with Gasteiger partial charge in [0, 0.05) is 18.2 Å². The highest BCUT2D eigenvalue weighted by atomic mass is 32.1. The highest BCUT2D eigenvalue weighted by Gasteiger charge is 2.16. The maximum atomic E-state index is 12.3. The molecule has 1 N–H and O–H groups in total. The van der Waals surface area contributed by atoms with Gasteiger partial charge in [0.25, 0.3) is 5.89 Å². The smallest absolute Gasteiger partial charge is 0.437 e. The lowest BCUT2D eigenvalue weighted by atomic mass is 10.1. The third kappa shape index (κ3) is 4.17. The third-order valence-corrected chi connectivity index (χ3v) is 4.75. The van der Waals surface area contributed by atoms with Gasteiger partial charge in [0.1, 0.15) is 12.3 Å². The molecule has 10 heteroatoms. The van der Waals surface area contributed by atoms with Crippen LogP contribution in [0.25, 0.3) is 10.8 Å². The summed E-state index contributed by atoms with van der Waals surface area (Å²) in [5.74, 6) is 0.670. The van der Waals surface area contributed by atoms with Crippen molar-refractivity contribution >= 4 is 17.2 Å². The lowest BCUT2D eigenvalue weighted by molar-refractivity contribution is -0.122. The number of benzene rings is 1. The second-order valence-electron chi connectivity index (χ2n) is 5.60. The monoisotopic (exact) mass is 405 g/mol. The van der Waals surface area contributed by atoms with Crippen LogP contribution in [0, 0.1) is 0 Å². The summed E-state index contributed by atoms with van der Waals surface area (Å²) in [4.78, 5) is 24.9. The summed E-state index contributed by atoms with van der Waals surface area (Å²) < 4.78 is 21.9. The number of thiophene rings is 1.